The number of nitrogens with zero attached hydrogens (tertiary/aromatic N) is 2. The van der Waals surface area contributed by atoms with E-state index in [0.29, 0.717) is 12.1 Å². The quantitative estimate of drug-likeness (QED) is 0.0810. The molecule has 0 spiro atoms. The highest BCUT2D eigenvalue weighted by molar-refractivity contribution is 6.58. The van der Waals surface area contributed by atoms with E-state index < -0.39 is 104 Å². The molecular formula is C35H25Cl2F5N2O6. The van der Waals surface area contributed by atoms with Crippen molar-refractivity contribution < 1.29 is 51.0 Å². The maximum Gasteiger partial charge on any atom is 0.258 e. The number of methoxy groups -OCH3 is 1. The molecule has 3 fully saturated rings. The van der Waals surface area contributed by atoms with E-state index in [0.717, 1.165) is 16.5 Å². The number of carbonyl (C=O) groups excluding carboxylic acids is 4. The number of ether oxygens (including phenoxy) is 1. The molecule has 1 N–H and O–H groups in total. The Morgan fingerprint density at radius 2 is 1.46 bits per heavy atom. The van der Waals surface area contributed by atoms with Crippen molar-refractivity contribution in [1.82, 2.24) is 0 Å². The minimum atomic E-state index is -2.76. The molecule has 4 aliphatic rings. The number of alkyl halides is 2. The molecule has 0 aromatic heterocycles. The van der Waals surface area contributed by atoms with Gasteiger partial charge in [-0.15, -0.1) is 23.2 Å². The minimum Gasteiger partial charge on any atom is -0.508 e. The second-order valence-corrected chi connectivity index (χ2v) is 13.9. The fourth-order valence-corrected chi connectivity index (χ4v) is 8.87. The van der Waals surface area contributed by atoms with Crippen molar-refractivity contribution in [3.8, 4) is 11.5 Å². The van der Waals surface area contributed by atoms with Gasteiger partial charge in [0.2, 0.25) is 17.6 Å². The van der Waals surface area contributed by atoms with Crippen LogP contribution in [-0.4, -0.2) is 45.6 Å². The van der Waals surface area contributed by atoms with Crippen LogP contribution < -0.4 is 14.5 Å². The standard InChI is InChI=1S/C35H25Cl2F5N2O6/c1-3-14-4-6-15(7-5-14)43-30(46)19-11-10-17-20(22(19)31(43)47)13-34(36)32(48)44(29-27(41)25(39)24(38)26(40)28(29)42)33(49)35(34,37)23(17)18-9-8-16(50-2)12-21(18)45/h4-10,12,19-20,22-23,45H,3,11,13H2,1-2H3/t19-,20+,22-,23+,34+,35-/m0/s1. The summed E-state index contributed by atoms with van der Waals surface area (Å²) in [4.78, 5) is 51.9. The van der Waals surface area contributed by atoms with E-state index in [9.17, 15) is 37.5 Å². The van der Waals surface area contributed by atoms with Gasteiger partial charge < -0.3 is 9.84 Å². The predicted octanol–water partition coefficient (Wildman–Crippen LogP) is 6.43. The topological polar surface area (TPSA) is 104 Å². The fourth-order valence-electron chi connectivity index (χ4n) is 7.94. The Balaban J connectivity index is 1.42. The third kappa shape index (κ3) is 4.28. The smallest absolute Gasteiger partial charge is 0.258 e. The van der Waals surface area contributed by atoms with Crippen LogP contribution in [-0.2, 0) is 25.6 Å². The lowest BCUT2D eigenvalue weighted by Crippen LogP contribution is -2.60. The molecule has 2 heterocycles. The molecule has 3 aromatic rings. The molecule has 6 atom stereocenters. The number of aryl methyl sites for hydroxylation is 1. The number of hydrogen-bond donors (Lipinski definition) is 1. The average molecular weight is 735 g/mol. The molecule has 2 aliphatic carbocycles. The van der Waals surface area contributed by atoms with E-state index in [1.54, 1.807) is 30.3 Å². The van der Waals surface area contributed by atoms with E-state index in [1.165, 1.54) is 19.2 Å². The number of fused-ring (bicyclic) bond motifs is 4. The number of phenols is 1. The zero-order chi connectivity index (χ0) is 36.2. The van der Waals surface area contributed by atoms with Gasteiger partial charge in [-0.25, -0.2) is 26.9 Å². The van der Waals surface area contributed by atoms with Crippen molar-refractivity contribution in [2.75, 3.05) is 16.9 Å². The van der Waals surface area contributed by atoms with E-state index in [-0.39, 0.29) is 28.2 Å². The highest BCUT2D eigenvalue weighted by Gasteiger charge is 2.77. The van der Waals surface area contributed by atoms with E-state index in [2.05, 4.69) is 0 Å². The lowest BCUT2D eigenvalue weighted by Gasteiger charge is -2.50. The largest absolute Gasteiger partial charge is 0.508 e. The molecular weight excluding hydrogens is 710 g/mol. The van der Waals surface area contributed by atoms with Gasteiger partial charge in [-0.3, -0.25) is 24.1 Å². The summed E-state index contributed by atoms with van der Waals surface area (Å²) in [6, 6.07) is 10.6. The molecule has 0 unspecified atom stereocenters. The van der Waals surface area contributed by atoms with Gasteiger partial charge in [0.15, 0.2) is 33.0 Å². The highest BCUT2D eigenvalue weighted by atomic mass is 35.5. The Hall–Kier alpha value is -4.49. The number of benzene rings is 3. The summed E-state index contributed by atoms with van der Waals surface area (Å²) in [5, 5.41) is 11.2. The lowest BCUT2D eigenvalue weighted by molar-refractivity contribution is -0.125. The maximum absolute atomic E-state index is 15.2. The van der Waals surface area contributed by atoms with Gasteiger partial charge >= 0.3 is 0 Å². The van der Waals surface area contributed by atoms with Gasteiger partial charge in [-0.05, 0) is 48.9 Å². The van der Waals surface area contributed by atoms with Crippen molar-refractivity contribution in [2.24, 2.45) is 17.8 Å². The number of hydrogen-bond acceptors (Lipinski definition) is 6. The Bertz CT molecular complexity index is 2050. The fraction of sp³-hybridized carbons (Fsp3) is 0.314. The van der Waals surface area contributed by atoms with Crippen LogP contribution >= 0.6 is 23.2 Å². The van der Waals surface area contributed by atoms with Crippen LogP contribution in [0.2, 0.25) is 0 Å². The molecule has 2 saturated heterocycles. The minimum absolute atomic E-state index is 0.0379. The summed E-state index contributed by atoms with van der Waals surface area (Å²) in [6.07, 6.45) is 1.56. The molecule has 3 aromatic carbocycles. The first-order chi connectivity index (χ1) is 23.6. The molecule has 260 valence electrons. The Morgan fingerprint density at radius 3 is 2.04 bits per heavy atom. The second kappa shape index (κ2) is 11.5. The molecule has 15 heteroatoms. The maximum atomic E-state index is 15.2. The number of anilines is 2. The monoisotopic (exact) mass is 734 g/mol. The summed E-state index contributed by atoms with van der Waals surface area (Å²) >= 11 is 14.2. The normalized spacial score (nSPS) is 28.9. The van der Waals surface area contributed by atoms with Gasteiger partial charge in [0.05, 0.1) is 24.6 Å². The first-order valence-corrected chi connectivity index (χ1v) is 16.2. The molecule has 1 saturated carbocycles. The van der Waals surface area contributed by atoms with Crippen LogP contribution in [0.4, 0.5) is 33.3 Å². The molecule has 0 radical (unpaired) electrons. The number of amides is 4. The predicted molar refractivity (Wildman–Crippen MR) is 169 cm³/mol. The van der Waals surface area contributed by atoms with Gasteiger partial charge in [0.25, 0.3) is 11.8 Å². The third-order valence-corrected chi connectivity index (χ3v) is 11.8. The molecule has 8 nitrogen and oxygen atoms in total. The lowest BCUT2D eigenvalue weighted by atomic mass is 9.56. The highest BCUT2D eigenvalue weighted by Crippen LogP contribution is 2.67. The van der Waals surface area contributed by atoms with E-state index in [4.69, 9.17) is 27.9 Å². The number of rotatable bonds is 5. The van der Waals surface area contributed by atoms with Crippen molar-refractivity contribution >= 4 is 58.2 Å². The summed E-state index contributed by atoms with van der Waals surface area (Å²) < 4.78 is 78.4. The van der Waals surface area contributed by atoms with Crippen LogP contribution in [0.5, 0.6) is 11.5 Å². The number of imide groups is 2. The Morgan fingerprint density at radius 1 is 0.840 bits per heavy atom. The molecule has 7 rings (SSSR count). The van der Waals surface area contributed by atoms with Crippen molar-refractivity contribution in [2.45, 2.75) is 41.9 Å². The number of carbonyl (C=O) groups is 4. The zero-order valence-electron chi connectivity index (χ0n) is 26.1. The summed E-state index contributed by atoms with van der Waals surface area (Å²) in [7, 11) is 1.31. The van der Waals surface area contributed by atoms with E-state index >= 15 is 8.78 Å². The molecule has 2 aliphatic heterocycles. The number of allylic oxidation sites excluding steroid dienone is 2. The SMILES string of the molecule is CCc1ccc(N2C(=O)[C@H]3[C@H](CC=C4[C@H]3C[C@@]3(Cl)C(=O)N(c5c(F)c(F)c(F)c(F)c5F)C(=O)[C@@]3(Cl)[C@H]4c3ccc(OC)cc3O)C2=O)cc1. The van der Waals surface area contributed by atoms with Gasteiger partial charge in [0.1, 0.15) is 17.2 Å². The molecule has 50 heavy (non-hydrogen) atoms. The summed E-state index contributed by atoms with van der Waals surface area (Å²) in [5.41, 5.74) is -0.543. The number of phenolic OH excluding ortho intramolecular Hbond substituents is 1. The van der Waals surface area contributed by atoms with Crippen molar-refractivity contribution in [3.63, 3.8) is 0 Å². The van der Waals surface area contributed by atoms with Gasteiger partial charge in [0, 0.05) is 17.5 Å². The number of aromatic hydroxyl groups is 1. The van der Waals surface area contributed by atoms with Crippen molar-refractivity contribution in [1.29, 1.82) is 0 Å². The van der Waals surface area contributed by atoms with Gasteiger partial charge in [-0.1, -0.05) is 36.8 Å². The first kappa shape index (κ1) is 34.0. The molecule has 0 bridgehead atoms. The van der Waals surface area contributed by atoms with Gasteiger partial charge in [-0.2, -0.15) is 0 Å². The first-order valence-electron chi connectivity index (χ1n) is 15.5. The second-order valence-electron chi connectivity index (χ2n) is 12.6. The summed E-state index contributed by atoms with van der Waals surface area (Å²) in [5.74, 6) is -22.0. The van der Waals surface area contributed by atoms with Crippen LogP contribution in [0.25, 0.3) is 0 Å². The van der Waals surface area contributed by atoms with Crippen LogP contribution in [0.1, 0.15) is 36.8 Å². The van der Waals surface area contributed by atoms with Crippen LogP contribution in [0, 0.1) is 46.8 Å². The van der Waals surface area contributed by atoms with Crippen molar-refractivity contribution in [3.05, 3.63) is 94.3 Å². The summed E-state index contributed by atoms with van der Waals surface area (Å²) in [6.45, 7) is 1.93. The van der Waals surface area contributed by atoms with Crippen LogP contribution in [0.3, 0.4) is 0 Å². The zero-order valence-corrected chi connectivity index (χ0v) is 27.6. The average Bonchev–Trinajstić information content (AvgIpc) is 3.44. The van der Waals surface area contributed by atoms with Crippen LogP contribution in [0.15, 0.2) is 54.1 Å². The molecule has 4 amide bonds. The Kier molecular flexibility index (Phi) is 7.83. The third-order valence-electron chi connectivity index (χ3n) is 10.4. The van der Waals surface area contributed by atoms with E-state index in [1.807, 2.05) is 6.92 Å². The Labute approximate surface area is 291 Å². The number of halogens is 7.